The number of carbonyl (C=O) groups is 1. The Morgan fingerprint density at radius 1 is 1.30 bits per heavy atom. The zero-order valence-electron chi connectivity index (χ0n) is 14.0. The van der Waals surface area contributed by atoms with E-state index in [2.05, 4.69) is 25.1 Å². The minimum absolute atomic E-state index is 0.0385. The molecule has 0 aromatic heterocycles. The monoisotopic (exact) mass is 332 g/mol. The Labute approximate surface area is 143 Å². The summed E-state index contributed by atoms with van der Waals surface area (Å²) in [6.45, 7) is 2.21. The third-order valence-corrected chi connectivity index (χ3v) is 7.21. The average molecular weight is 333 g/mol. The first-order valence-electron chi connectivity index (χ1n) is 8.87. The summed E-state index contributed by atoms with van der Waals surface area (Å²) in [5, 5.41) is 0.0385. The molecule has 0 aliphatic heterocycles. The number of methoxy groups -OCH3 is 1. The fourth-order valence-corrected chi connectivity index (χ4v) is 5.91. The summed E-state index contributed by atoms with van der Waals surface area (Å²) in [7, 11) is 1.73. The smallest absolute Gasteiger partial charge is 0.140 e. The fraction of sp³-hybridized carbons (Fsp3) is 0.650. The van der Waals surface area contributed by atoms with Gasteiger partial charge < -0.3 is 4.74 Å². The van der Waals surface area contributed by atoms with Gasteiger partial charge in [-0.15, -0.1) is 11.6 Å². The van der Waals surface area contributed by atoms with Crippen LogP contribution in [0.15, 0.2) is 18.2 Å². The molecule has 0 amide bonds. The quantitative estimate of drug-likeness (QED) is 0.695. The number of halogens is 1. The summed E-state index contributed by atoms with van der Waals surface area (Å²) in [6, 6.07) is 6.55. The van der Waals surface area contributed by atoms with Crippen LogP contribution in [-0.4, -0.2) is 18.3 Å². The highest BCUT2D eigenvalue weighted by molar-refractivity contribution is 6.22. The van der Waals surface area contributed by atoms with E-state index in [0.717, 1.165) is 31.4 Å². The average Bonchev–Trinajstić information content (AvgIpc) is 2.55. The molecule has 3 aliphatic carbocycles. The van der Waals surface area contributed by atoms with E-state index >= 15 is 0 Å². The molecule has 0 radical (unpaired) electrons. The van der Waals surface area contributed by atoms with Crippen molar-refractivity contribution in [2.75, 3.05) is 7.11 Å². The third-order valence-electron chi connectivity index (χ3n) is 6.88. The van der Waals surface area contributed by atoms with Crippen molar-refractivity contribution in [3.8, 4) is 5.75 Å². The first kappa shape index (κ1) is 15.5. The first-order valence-corrected chi connectivity index (χ1v) is 9.31. The van der Waals surface area contributed by atoms with E-state index < -0.39 is 0 Å². The Morgan fingerprint density at radius 3 is 2.91 bits per heavy atom. The molecule has 0 bridgehead atoms. The van der Waals surface area contributed by atoms with E-state index in [1.54, 1.807) is 7.11 Å². The van der Waals surface area contributed by atoms with Crippen LogP contribution < -0.4 is 4.74 Å². The second kappa shape index (κ2) is 5.51. The third kappa shape index (κ3) is 2.33. The molecule has 3 aliphatic rings. The van der Waals surface area contributed by atoms with Crippen LogP contribution in [0.3, 0.4) is 0 Å². The Morgan fingerprint density at radius 2 is 2.13 bits per heavy atom. The number of benzene rings is 1. The zero-order chi connectivity index (χ0) is 16.2. The van der Waals surface area contributed by atoms with Crippen LogP contribution in [0.4, 0.5) is 0 Å². The summed E-state index contributed by atoms with van der Waals surface area (Å²) < 4.78 is 5.38. The van der Waals surface area contributed by atoms with Gasteiger partial charge in [0.25, 0.3) is 0 Å². The minimum atomic E-state index is -0.128. The molecule has 0 heterocycles. The maximum atomic E-state index is 12.7. The largest absolute Gasteiger partial charge is 0.497 e. The van der Waals surface area contributed by atoms with Crippen molar-refractivity contribution >= 4 is 17.4 Å². The highest BCUT2D eigenvalue weighted by atomic mass is 35.5. The second-order valence-electron chi connectivity index (χ2n) is 7.90. The highest BCUT2D eigenvalue weighted by Crippen LogP contribution is 2.59. The molecule has 0 saturated heterocycles. The van der Waals surface area contributed by atoms with Gasteiger partial charge in [-0.25, -0.2) is 0 Å². The molecule has 124 valence electrons. The van der Waals surface area contributed by atoms with Gasteiger partial charge in [0.05, 0.1) is 7.11 Å². The first-order chi connectivity index (χ1) is 11.0. The molecular weight excluding hydrogens is 308 g/mol. The molecule has 1 aromatic rings. The summed E-state index contributed by atoms with van der Waals surface area (Å²) in [5.41, 5.74) is 2.81. The molecule has 23 heavy (non-hydrogen) atoms. The number of ketones is 1. The van der Waals surface area contributed by atoms with Gasteiger partial charge in [0, 0.05) is 17.2 Å². The zero-order valence-corrected chi connectivity index (χ0v) is 14.7. The van der Waals surface area contributed by atoms with Crippen molar-refractivity contribution in [3.63, 3.8) is 0 Å². The molecule has 3 heteroatoms. The molecule has 4 rings (SSSR count). The van der Waals surface area contributed by atoms with Gasteiger partial charge >= 0.3 is 0 Å². The van der Waals surface area contributed by atoms with E-state index in [0.29, 0.717) is 30.0 Å². The second-order valence-corrected chi connectivity index (χ2v) is 8.51. The number of carbonyl (C=O) groups excluding carboxylic acids is 1. The lowest BCUT2D eigenvalue weighted by Crippen LogP contribution is -2.51. The van der Waals surface area contributed by atoms with E-state index in [1.807, 2.05) is 0 Å². The number of rotatable bonds is 1. The van der Waals surface area contributed by atoms with Crippen molar-refractivity contribution < 1.29 is 9.53 Å². The van der Waals surface area contributed by atoms with E-state index in [9.17, 15) is 4.79 Å². The van der Waals surface area contributed by atoms with E-state index in [-0.39, 0.29) is 10.8 Å². The molecular formula is C20H25ClO2. The number of hydrogen-bond acceptors (Lipinski definition) is 2. The topological polar surface area (TPSA) is 26.3 Å². The number of fused-ring (bicyclic) bond motifs is 5. The van der Waals surface area contributed by atoms with Gasteiger partial charge in [-0.1, -0.05) is 13.0 Å². The van der Waals surface area contributed by atoms with Crippen molar-refractivity contribution in [1.29, 1.82) is 0 Å². The maximum Gasteiger partial charge on any atom is 0.140 e. The van der Waals surface area contributed by atoms with E-state index in [1.165, 1.54) is 17.5 Å². The van der Waals surface area contributed by atoms with Gasteiger partial charge in [0.2, 0.25) is 0 Å². The minimum Gasteiger partial charge on any atom is -0.497 e. The molecule has 2 fully saturated rings. The maximum absolute atomic E-state index is 12.7. The number of Topliss-reactive ketones (excluding diaryl/α,β-unsaturated/α-hetero) is 1. The van der Waals surface area contributed by atoms with Gasteiger partial charge in [-0.3, -0.25) is 4.79 Å². The predicted octanol–water partition coefficient (Wildman–Crippen LogP) is 4.73. The highest BCUT2D eigenvalue weighted by Gasteiger charge is 2.54. The van der Waals surface area contributed by atoms with Crippen molar-refractivity contribution in [2.24, 2.45) is 17.3 Å². The van der Waals surface area contributed by atoms with Crippen molar-refractivity contribution in [2.45, 2.75) is 56.7 Å². The molecule has 0 spiro atoms. The van der Waals surface area contributed by atoms with Crippen molar-refractivity contribution in [3.05, 3.63) is 29.3 Å². The predicted molar refractivity (Wildman–Crippen MR) is 92.3 cm³/mol. The fourth-order valence-electron chi connectivity index (χ4n) is 5.58. The molecule has 2 saturated carbocycles. The van der Waals surface area contributed by atoms with Crippen molar-refractivity contribution in [1.82, 2.24) is 0 Å². The molecule has 0 N–H and O–H groups in total. The number of ether oxygens (including phenoxy) is 1. The van der Waals surface area contributed by atoms with Crippen LogP contribution in [0.25, 0.3) is 0 Å². The Kier molecular flexibility index (Phi) is 3.72. The normalized spacial score (nSPS) is 39.2. The van der Waals surface area contributed by atoms with Crippen LogP contribution in [0.1, 0.15) is 56.1 Å². The van der Waals surface area contributed by atoms with Crippen LogP contribution in [0, 0.1) is 17.3 Å². The number of aryl methyl sites for hydroxylation is 1. The molecule has 0 unspecified atom stereocenters. The lowest BCUT2D eigenvalue weighted by atomic mass is 9.50. The molecule has 5 atom stereocenters. The SMILES string of the molecule is COc1ccc2c(c1)CC[C@@H]1[C@@H]2CC[C@]2(C)C(=O)C[C@@H](Cl)C[C@@H]12. The van der Waals surface area contributed by atoms with Gasteiger partial charge in [-0.05, 0) is 73.1 Å². The summed E-state index contributed by atoms with van der Waals surface area (Å²) in [6.07, 6.45) is 6.02. The summed E-state index contributed by atoms with van der Waals surface area (Å²) in [4.78, 5) is 12.7. The lowest BCUT2D eigenvalue weighted by molar-refractivity contribution is -0.139. The number of alkyl halides is 1. The van der Waals surface area contributed by atoms with Gasteiger partial charge in [0.1, 0.15) is 11.5 Å². The summed E-state index contributed by atoms with van der Waals surface area (Å²) >= 11 is 6.43. The Hall–Kier alpha value is -1.02. The lowest BCUT2D eigenvalue weighted by Gasteiger charge is -2.54. The van der Waals surface area contributed by atoms with Crippen LogP contribution >= 0.6 is 11.6 Å². The van der Waals surface area contributed by atoms with Crippen LogP contribution in [0.5, 0.6) is 5.75 Å². The standard InChI is InChI=1S/C20H25ClO2/c1-20-8-7-16-15-6-4-14(23-2)9-12(15)3-5-17(16)18(20)10-13(21)11-19(20)22/h4,6,9,13,16-18H,3,5,7-8,10-11H2,1-2H3/t13-,16+,17+,18-,20-/m0/s1. The number of hydrogen-bond donors (Lipinski definition) is 0. The van der Waals surface area contributed by atoms with Gasteiger partial charge in [0.15, 0.2) is 0 Å². The Balaban J connectivity index is 1.69. The molecule has 1 aromatic carbocycles. The Bertz CT molecular complexity index is 641. The van der Waals surface area contributed by atoms with Crippen LogP contribution in [0.2, 0.25) is 0 Å². The molecule has 2 nitrogen and oxygen atoms in total. The summed E-state index contributed by atoms with van der Waals surface area (Å²) in [5.74, 6) is 3.03. The van der Waals surface area contributed by atoms with E-state index in [4.69, 9.17) is 16.3 Å². The van der Waals surface area contributed by atoms with Gasteiger partial charge in [-0.2, -0.15) is 0 Å². The van der Waals surface area contributed by atoms with Crippen LogP contribution in [-0.2, 0) is 11.2 Å².